The number of imidazole rings is 1. The van der Waals surface area contributed by atoms with Crippen LogP contribution in [0.3, 0.4) is 0 Å². The van der Waals surface area contributed by atoms with Crippen LogP contribution in [0.1, 0.15) is 17.1 Å². The molecule has 6 rings (SSSR count). The van der Waals surface area contributed by atoms with Gasteiger partial charge in [0.25, 0.3) is 0 Å². The SMILES string of the molecule is FC(F)(F)c1cc(N2CCNCC2)ccc1-c1ccc2c(c1)OCc1nc(CN3CCOCC3)cn1-2. The van der Waals surface area contributed by atoms with Crippen LogP contribution in [0, 0.1) is 0 Å². The molecule has 0 spiro atoms. The summed E-state index contributed by atoms with van der Waals surface area (Å²) in [6.45, 7) is 7.07. The van der Waals surface area contributed by atoms with Gasteiger partial charge in [0.15, 0.2) is 5.82 Å². The van der Waals surface area contributed by atoms with E-state index in [2.05, 4.69) is 10.2 Å². The molecule has 0 bridgehead atoms. The highest BCUT2D eigenvalue weighted by Crippen LogP contribution is 2.42. The fourth-order valence-corrected chi connectivity index (χ4v) is 5.12. The smallest absolute Gasteiger partial charge is 0.417 e. The normalized spacial score (nSPS) is 18.5. The highest BCUT2D eigenvalue weighted by Gasteiger charge is 2.35. The molecule has 2 aromatic carbocycles. The third-order valence-electron chi connectivity index (χ3n) is 7.00. The van der Waals surface area contributed by atoms with Crippen LogP contribution >= 0.6 is 0 Å². The Morgan fingerprint density at radius 2 is 1.78 bits per heavy atom. The van der Waals surface area contributed by atoms with Crippen LogP contribution in [0.25, 0.3) is 16.8 Å². The van der Waals surface area contributed by atoms with Crippen molar-refractivity contribution in [3.63, 3.8) is 0 Å². The second kappa shape index (κ2) is 9.42. The number of halogens is 3. The standard InChI is InChI=1S/C26H28F3N5O2/c27-26(28,29)22-14-20(33-7-5-30-6-8-33)2-3-21(22)18-1-4-23-24(13-18)36-17-25-31-19(16-34(23)25)15-32-9-11-35-12-10-32/h1-4,13-14,16,30H,5-12,15,17H2. The highest BCUT2D eigenvalue weighted by atomic mass is 19.4. The van der Waals surface area contributed by atoms with Crippen LogP contribution in [0.5, 0.6) is 5.75 Å². The molecular weight excluding hydrogens is 471 g/mol. The Bertz CT molecular complexity index is 1250. The third-order valence-corrected chi connectivity index (χ3v) is 7.00. The molecule has 2 saturated heterocycles. The van der Waals surface area contributed by atoms with Crippen molar-refractivity contribution in [1.82, 2.24) is 19.8 Å². The van der Waals surface area contributed by atoms with Gasteiger partial charge < -0.3 is 19.7 Å². The first-order valence-corrected chi connectivity index (χ1v) is 12.3. The Morgan fingerprint density at radius 1 is 0.972 bits per heavy atom. The van der Waals surface area contributed by atoms with Crippen LogP contribution in [-0.4, -0.2) is 66.9 Å². The molecule has 2 fully saturated rings. The number of fused-ring (bicyclic) bond motifs is 3. The van der Waals surface area contributed by atoms with Gasteiger partial charge in [0, 0.05) is 57.7 Å². The van der Waals surface area contributed by atoms with Gasteiger partial charge in [0.2, 0.25) is 0 Å². The molecule has 3 aliphatic rings. The topological polar surface area (TPSA) is 54.8 Å². The minimum atomic E-state index is -4.47. The van der Waals surface area contributed by atoms with Gasteiger partial charge in [-0.3, -0.25) is 9.47 Å². The summed E-state index contributed by atoms with van der Waals surface area (Å²) in [6.07, 6.45) is -2.47. The zero-order valence-corrected chi connectivity index (χ0v) is 19.9. The Hall–Kier alpha value is -3.08. The molecule has 1 N–H and O–H groups in total. The lowest BCUT2D eigenvalue weighted by Gasteiger charge is -2.30. The number of anilines is 1. The van der Waals surface area contributed by atoms with E-state index in [1.807, 2.05) is 21.7 Å². The molecule has 0 atom stereocenters. The Labute approximate surface area is 207 Å². The van der Waals surface area contributed by atoms with Crippen molar-refractivity contribution >= 4 is 5.69 Å². The summed E-state index contributed by atoms with van der Waals surface area (Å²) >= 11 is 0. The molecule has 10 heteroatoms. The fourth-order valence-electron chi connectivity index (χ4n) is 5.12. The van der Waals surface area contributed by atoms with E-state index in [0.717, 1.165) is 63.1 Å². The summed E-state index contributed by atoms with van der Waals surface area (Å²) in [5, 5.41) is 3.23. The molecular formula is C26H28F3N5O2. The van der Waals surface area contributed by atoms with Crippen LogP contribution in [0.4, 0.5) is 18.9 Å². The van der Waals surface area contributed by atoms with Crippen molar-refractivity contribution in [2.45, 2.75) is 19.3 Å². The van der Waals surface area contributed by atoms with Crippen molar-refractivity contribution in [2.24, 2.45) is 0 Å². The van der Waals surface area contributed by atoms with Crippen molar-refractivity contribution in [1.29, 1.82) is 0 Å². The van der Waals surface area contributed by atoms with Crippen molar-refractivity contribution in [2.75, 3.05) is 57.4 Å². The number of benzene rings is 2. The Morgan fingerprint density at radius 3 is 2.56 bits per heavy atom. The Balaban J connectivity index is 1.31. The first-order valence-electron chi connectivity index (χ1n) is 12.3. The molecule has 3 aromatic rings. The van der Waals surface area contributed by atoms with E-state index in [-0.39, 0.29) is 12.2 Å². The largest absolute Gasteiger partial charge is 0.483 e. The molecule has 3 aliphatic heterocycles. The number of nitrogens with zero attached hydrogens (tertiary/aromatic N) is 4. The number of ether oxygens (including phenoxy) is 2. The summed E-state index contributed by atoms with van der Waals surface area (Å²) < 4.78 is 55.7. The van der Waals surface area contributed by atoms with Crippen molar-refractivity contribution < 1.29 is 22.6 Å². The van der Waals surface area contributed by atoms with Gasteiger partial charge in [0.05, 0.1) is 30.2 Å². The van der Waals surface area contributed by atoms with Crippen molar-refractivity contribution in [3.05, 3.63) is 59.7 Å². The van der Waals surface area contributed by atoms with Crippen LogP contribution < -0.4 is 15.0 Å². The predicted molar refractivity (Wildman–Crippen MR) is 130 cm³/mol. The van der Waals surface area contributed by atoms with Gasteiger partial charge in [-0.1, -0.05) is 12.1 Å². The summed E-state index contributed by atoms with van der Waals surface area (Å²) in [7, 11) is 0. The van der Waals surface area contributed by atoms with Crippen molar-refractivity contribution in [3.8, 4) is 22.6 Å². The van der Waals surface area contributed by atoms with E-state index in [4.69, 9.17) is 14.5 Å². The lowest BCUT2D eigenvalue weighted by molar-refractivity contribution is -0.137. The zero-order valence-electron chi connectivity index (χ0n) is 19.9. The van der Waals surface area contributed by atoms with Crippen LogP contribution in [0.2, 0.25) is 0 Å². The summed E-state index contributed by atoms with van der Waals surface area (Å²) in [4.78, 5) is 9.01. The van der Waals surface area contributed by atoms with E-state index >= 15 is 0 Å². The lowest BCUT2D eigenvalue weighted by Crippen LogP contribution is -2.43. The average molecular weight is 500 g/mol. The first kappa shape index (κ1) is 23.3. The molecule has 0 unspecified atom stereocenters. The molecule has 7 nitrogen and oxygen atoms in total. The van der Waals surface area contributed by atoms with E-state index in [1.165, 1.54) is 6.07 Å². The number of alkyl halides is 3. The maximum atomic E-state index is 14.1. The molecule has 0 amide bonds. The second-order valence-corrected chi connectivity index (χ2v) is 9.34. The number of hydrogen-bond donors (Lipinski definition) is 1. The minimum absolute atomic E-state index is 0.150. The van der Waals surface area contributed by atoms with E-state index in [1.54, 1.807) is 24.3 Å². The number of nitrogens with one attached hydrogen (secondary N) is 1. The first-order chi connectivity index (χ1) is 17.5. The van der Waals surface area contributed by atoms with Gasteiger partial charge in [-0.05, 0) is 35.4 Å². The van der Waals surface area contributed by atoms with Gasteiger partial charge in [-0.2, -0.15) is 13.2 Å². The monoisotopic (exact) mass is 499 g/mol. The summed E-state index contributed by atoms with van der Waals surface area (Å²) in [5.41, 5.74) is 2.31. The van der Waals surface area contributed by atoms with Gasteiger partial charge in [0.1, 0.15) is 12.4 Å². The number of piperazine rings is 1. The fraction of sp³-hybridized carbons (Fsp3) is 0.423. The van der Waals surface area contributed by atoms with Crippen LogP contribution in [0.15, 0.2) is 42.6 Å². The quantitative estimate of drug-likeness (QED) is 0.591. The second-order valence-electron chi connectivity index (χ2n) is 9.34. The number of rotatable bonds is 4. The highest BCUT2D eigenvalue weighted by molar-refractivity contribution is 5.74. The summed E-state index contributed by atoms with van der Waals surface area (Å²) in [6, 6.07) is 9.88. The molecule has 1 aromatic heterocycles. The molecule has 0 radical (unpaired) electrons. The zero-order chi connectivity index (χ0) is 24.7. The van der Waals surface area contributed by atoms with E-state index < -0.39 is 11.7 Å². The minimum Gasteiger partial charge on any atom is -0.483 e. The number of hydrogen-bond acceptors (Lipinski definition) is 6. The summed E-state index contributed by atoms with van der Waals surface area (Å²) in [5.74, 6) is 1.34. The third kappa shape index (κ3) is 4.56. The number of morpholine rings is 1. The number of aromatic nitrogens is 2. The molecule has 4 heterocycles. The van der Waals surface area contributed by atoms with E-state index in [9.17, 15) is 13.2 Å². The van der Waals surface area contributed by atoms with Gasteiger partial charge >= 0.3 is 6.18 Å². The van der Waals surface area contributed by atoms with Gasteiger partial charge in [-0.25, -0.2) is 4.98 Å². The molecule has 0 aliphatic carbocycles. The molecule has 0 saturated carbocycles. The molecule has 36 heavy (non-hydrogen) atoms. The average Bonchev–Trinajstić information content (AvgIpc) is 3.31. The predicted octanol–water partition coefficient (Wildman–Crippen LogP) is 3.69. The molecule has 190 valence electrons. The van der Waals surface area contributed by atoms with Gasteiger partial charge in [-0.15, -0.1) is 0 Å². The maximum absolute atomic E-state index is 14.1. The maximum Gasteiger partial charge on any atom is 0.417 e. The van der Waals surface area contributed by atoms with E-state index in [0.29, 0.717) is 30.1 Å². The lowest BCUT2D eigenvalue weighted by atomic mass is 9.97. The van der Waals surface area contributed by atoms with Crippen LogP contribution in [-0.2, 0) is 24.1 Å². The Kier molecular flexibility index (Phi) is 6.10.